The van der Waals surface area contributed by atoms with Gasteiger partial charge in [0.05, 0.1) is 6.04 Å². The molecule has 0 fully saturated rings. The highest BCUT2D eigenvalue weighted by atomic mass is 16.2. The first kappa shape index (κ1) is 13.4. The molecule has 2 N–H and O–H groups in total. The Morgan fingerprint density at radius 2 is 1.79 bits per heavy atom. The van der Waals surface area contributed by atoms with E-state index >= 15 is 0 Å². The molecule has 0 aromatic carbocycles. The van der Waals surface area contributed by atoms with Crippen molar-refractivity contribution >= 4 is 5.91 Å². The Bertz CT molecular complexity index is 164. The summed E-state index contributed by atoms with van der Waals surface area (Å²) in [5.74, 6) is 0.322. The summed E-state index contributed by atoms with van der Waals surface area (Å²) in [4.78, 5) is 13.6. The van der Waals surface area contributed by atoms with Crippen molar-refractivity contribution < 1.29 is 4.79 Å². The molecule has 0 saturated carbocycles. The van der Waals surface area contributed by atoms with Crippen LogP contribution in [0.2, 0.25) is 0 Å². The first-order chi connectivity index (χ1) is 6.45. The fourth-order valence-corrected chi connectivity index (χ4v) is 1.22. The molecule has 0 aromatic rings. The lowest BCUT2D eigenvalue weighted by atomic mass is 9.98. The molecule has 0 heterocycles. The summed E-state index contributed by atoms with van der Waals surface area (Å²) in [6, 6.07) is -0.0726. The molecule has 1 amide bonds. The monoisotopic (exact) mass is 200 g/mol. The predicted molar refractivity (Wildman–Crippen MR) is 60.0 cm³/mol. The summed E-state index contributed by atoms with van der Waals surface area (Å²) in [6.45, 7) is 8.19. The lowest BCUT2D eigenvalue weighted by molar-refractivity contribution is -0.134. The molecule has 0 spiro atoms. The van der Waals surface area contributed by atoms with Crippen molar-refractivity contribution in [2.45, 2.75) is 52.6 Å². The minimum atomic E-state index is -0.348. The SMILES string of the molecule is CCC(C)C(N)C(=O)N(C)C(C)CC. The zero-order valence-corrected chi connectivity index (χ0v) is 10.1. The molecule has 14 heavy (non-hydrogen) atoms. The van der Waals surface area contributed by atoms with Crippen LogP contribution in [0.1, 0.15) is 40.5 Å². The van der Waals surface area contributed by atoms with Gasteiger partial charge in [-0.2, -0.15) is 0 Å². The van der Waals surface area contributed by atoms with Crippen LogP contribution in [-0.4, -0.2) is 29.9 Å². The maximum atomic E-state index is 11.8. The highest BCUT2D eigenvalue weighted by molar-refractivity contribution is 5.81. The Labute approximate surface area is 87.6 Å². The summed E-state index contributed by atoms with van der Waals surface area (Å²) < 4.78 is 0. The third-order valence-corrected chi connectivity index (χ3v) is 3.14. The van der Waals surface area contributed by atoms with Gasteiger partial charge in [0, 0.05) is 13.1 Å². The summed E-state index contributed by atoms with van der Waals surface area (Å²) in [5, 5.41) is 0. The second kappa shape index (κ2) is 6.02. The van der Waals surface area contributed by atoms with E-state index in [1.807, 2.05) is 20.9 Å². The van der Waals surface area contributed by atoms with Gasteiger partial charge in [0.1, 0.15) is 0 Å². The van der Waals surface area contributed by atoms with E-state index in [9.17, 15) is 4.79 Å². The lowest BCUT2D eigenvalue weighted by Crippen LogP contribution is -2.48. The fourth-order valence-electron chi connectivity index (χ4n) is 1.22. The van der Waals surface area contributed by atoms with Gasteiger partial charge in [0.15, 0.2) is 0 Å². The summed E-state index contributed by atoms with van der Waals surface area (Å²) in [5.41, 5.74) is 5.87. The van der Waals surface area contributed by atoms with Crippen molar-refractivity contribution in [3.63, 3.8) is 0 Å². The number of nitrogens with zero attached hydrogens (tertiary/aromatic N) is 1. The highest BCUT2D eigenvalue weighted by Gasteiger charge is 2.24. The number of carbonyl (C=O) groups excluding carboxylic acids is 1. The second-order valence-electron chi connectivity index (χ2n) is 4.12. The average Bonchev–Trinajstić information content (AvgIpc) is 2.23. The molecule has 3 heteroatoms. The Hall–Kier alpha value is -0.570. The van der Waals surface area contributed by atoms with Gasteiger partial charge in [0.25, 0.3) is 0 Å². The van der Waals surface area contributed by atoms with Gasteiger partial charge in [-0.15, -0.1) is 0 Å². The van der Waals surface area contributed by atoms with Crippen molar-refractivity contribution in [2.75, 3.05) is 7.05 Å². The minimum Gasteiger partial charge on any atom is -0.342 e. The maximum Gasteiger partial charge on any atom is 0.239 e. The zero-order valence-electron chi connectivity index (χ0n) is 10.1. The first-order valence-corrected chi connectivity index (χ1v) is 5.47. The largest absolute Gasteiger partial charge is 0.342 e. The fraction of sp³-hybridized carbons (Fsp3) is 0.909. The average molecular weight is 200 g/mol. The lowest BCUT2D eigenvalue weighted by Gasteiger charge is -2.28. The summed E-state index contributed by atoms with van der Waals surface area (Å²) >= 11 is 0. The molecule has 0 aliphatic heterocycles. The molecule has 0 rings (SSSR count). The van der Waals surface area contributed by atoms with Gasteiger partial charge >= 0.3 is 0 Å². The maximum absolute atomic E-state index is 11.8. The number of likely N-dealkylation sites (N-methyl/N-ethyl adjacent to an activating group) is 1. The smallest absolute Gasteiger partial charge is 0.239 e. The van der Waals surface area contributed by atoms with E-state index in [0.29, 0.717) is 0 Å². The molecule has 0 aromatic heterocycles. The van der Waals surface area contributed by atoms with Crippen molar-refractivity contribution in [3.05, 3.63) is 0 Å². The molecule has 0 saturated heterocycles. The predicted octanol–water partition coefficient (Wildman–Crippen LogP) is 1.62. The topological polar surface area (TPSA) is 46.3 Å². The molecule has 0 radical (unpaired) electrons. The van der Waals surface area contributed by atoms with Gasteiger partial charge in [0.2, 0.25) is 5.91 Å². The van der Waals surface area contributed by atoms with Crippen LogP contribution in [0.3, 0.4) is 0 Å². The number of amides is 1. The van der Waals surface area contributed by atoms with E-state index in [1.165, 1.54) is 0 Å². The minimum absolute atomic E-state index is 0.0636. The van der Waals surface area contributed by atoms with Crippen LogP contribution < -0.4 is 5.73 Å². The van der Waals surface area contributed by atoms with Gasteiger partial charge in [-0.05, 0) is 19.3 Å². The van der Waals surface area contributed by atoms with Crippen LogP contribution in [0.15, 0.2) is 0 Å². The van der Waals surface area contributed by atoms with E-state index in [2.05, 4.69) is 13.8 Å². The molecule has 84 valence electrons. The van der Waals surface area contributed by atoms with Gasteiger partial charge in [-0.1, -0.05) is 27.2 Å². The number of rotatable bonds is 5. The highest BCUT2D eigenvalue weighted by Crippen LogP contribution is 2.10. The first-order valence-electron chi connectivity index (χ1n) is 5.47. The van der Waals surface area contributed by atoms with Crippen LogP contribution in [0.4, 0.5) is 0 Å². The van der Waals surface area contributed by atoms with Gasteiger partial charge in [-0.3, -0.25) is 4.79 Å². The molecule has 0 aliphatic carbocycles. The Morgan fingerprint density at radius 1 is 1.29 bits per heavy atom. The van der Waals surface area contributed by atoms with Crippen molar-refractivity contribution in [1.82, 2.24) is 4.90 Å². The van der Waals surface area contributed by atoms with Crippen molar-refractivity contribution in [3.8, 4) is 0 Å². The van der Waals surface area contributed by atoms with E-state index < -0.39 is 0 Å². The normalized spacial score (nSPS) is 17.3. The summed E-state index contributed by atoms with van der Waals surface area (Å²) in [7, 11) is 1.83. The Balaban J connectivity index is 4.31. The quantitative estimate of drug-likeness (QED) is 0.733. The van der Waals surface area contributed by atoms with Crippen molar-refractivity contribution in [2.24, 2.45) is 11.7 Å². The third kappa shape index (κ3) is 3.29. The van der Waals surface area contributed by atoms with E-state index in [-0.39, 0.29) is 23.9 Å². The number of carbonyl (C=O) groups is 1. The molecule has 3 atom stereocenters. The standard InChI is InChI=1S/C11H24N2O/c1-6-8(3)10(12)11(14)13(5)9(4)7-2/h8-10H,6-7,12H2,1-5H3. The second-order valence-corrected chi connectivity index (χ2v) is 4.12. The number of hydrogen-bond donors (Lipinski definition) is 1. The van der Waals surface area contributed by atoms with Crippen LogP contribution in [-0.2, 0) is 4.79 Å². The van der Waals surface area contributed by atoms with Crippen LogP contribution in [0.25, 0.3) is 0 Å². The Kier molecular flexibility index (Phi) is 5.77. The van der Waals surface area contributed by atoms with Crippen LogP contribution in [0, 0.1) is 5.92 Å². The van der Waals surface area contributed by atoms with Gasteiger partial charge < -0.3 is 10.6 Å². The van der Waals surface area contributed by atoms with Crippen molar-refractivity contribution in [1.29, 1.82) is 0 Å². The Morgan fingerprint density at radius 3 is 2.14 bits per heavy atom. The zero-order chi connectivity index (χ0) is 11.3. The third-order valence-electron chi connectivity index (χ3n) is 3.14. The van der Waals surface area contributed by atoms with Gasteiger partial charge in [-0.25, -0.2) is 0 Å². The van der Waals surface area contributed by atoms with E-state index in [1.54, 1.807) is 4.90 Å². The number of hydrogen-bond acceptors (Lipinski definition) is 2. The molecular formula is C11H24N2O. The molecule has 0 aliphatic rings. The summed E-state index contributed by atoms with van der Waals surface area (Å²) in [6.07, 6.45) is 1.91. The van der Waals surface area contributed by atoms with E-state index in [0.717, 1.165) is 12.8 Å². The molecule has 0 bridgehead atoms. The number of nitrogens with two attached hydrogens (primary N) is 1. The molecular weight excluding hydrogens is 176 g/mol. The van der Waals surface area contributed by atoms with E-state index in [4.69, 9.17) is 5.73 Å². The molecule has 3 nitrogen and oxygen atoms in total. The van der Waals surface area contributed by atoms with Crippen LogP contribution >= 0.6 is 0 Å². The van der Waals surface area contributed by atoms with Crippen LogP contribution in [0.5, 0.6) is 0 Å². The molecule has 3 unspecified atom stereocenters.